The summed E-state index contributed by atoms with van der Waals surface area (Å²) in [5.74, 6) is 1.05. The van der Waals surface area contributed by atoms with Gasteiger partial charge in [0.25, 0.3) is 0 Å². The Morgan fingerprint density at radius 2 is 2.11 bits per heavy atom. The normalized spacial score (nSPS) is 11.1. The van der Waals surface area contributed by atoms with Gasteiger partial charge in [-0.15, -0.1) is 0 Å². The van der Waals surface area contributed by atoms with Crippen molar-refractivity contribution in [2.24, 2.45) is 0 Å². The van der Waals surface area contributed by atoms with Crippen LogP contribution in [0.5, 0.6) is 0 Å². The number of fused-ring (bicyclic) bond motifs is 1. The summed E-state index contributed by atoms with van der Waals surface area (Å²) in [4.78, 5) is 9.05. The van der Waals surface area contributed by atoms with Crippen molar-refractivity contribution in [3.8, 4) is 0 Å². The van der Waals surface area contributed by atoms with Gasteiger partial charge in [0.15, 0.2) is 5.65 Å². The molecule has 0 atom stereocenters. The van der Waals surface area contributed by atoms with Crippen LogP contribution in [0.3, 0.4) is 0 Å². The molecule has 0 saturated heterocycles. The smallest absolute Gasteiger partial charge is 0.160 e. The number of pyridine rings is 1. The van der Waals surface area contributed by atoms with E-state index < -0.39 is 0 Å². The van der Waals surface area contributed by atoms with Gasteiger partial charge in [-0.1, -0.05) is 30.7 Å². The lowest BCUT2D eigenvalue weighted by Crippen LogP contribution is -2.05. The predicted octanol–water partition coefficient (Wildman–Crippen LogP) is 3.70. The van der Waals surface area contributed by atoms with Gasteiger partial charge in [0, 0.05) is 17.6 Å². The topological polar surface area (TPSA) is 30.7 Å². The minimum absolute atomic E-state index is 0.747. The first-order valence-electron chi connectivity index (χ1n) is 6.32. The first kappa shape index (κ1) is 12.2. The van der Waals surface area contributed by atoms with E-state index in [1.807, 2.05) is 30.3 Å². The van der Waals surface area contributed by atoms with Gasteiger partial charge in [0.05, 0.1) is 6.54 Å². The first-order valence-corrected chi connectivity index (χ1v) is 6.70. The number of imidazole rings is 1. The summed E-state index contributed by atoms with van der Waals surface area (Å²) in [6.07, 6.45) is 2.69. The van der Waals surface area contributed by atoms with Crippen LogP contribution in [0.4, 0.5) is 0 Å². The molecule has 0 amide bonds. The van der Waals surface area contributed by atoms with Gasteiger partial charge in [-0.2, -0.15) is 0 Å². The maximum atomic E-state index is 6.04. The molecular formula is C15H14ClN3. The maximum Gasteiger partial charge on any atom is 0.160 e. The molecule has 0 bridgehead atoms. The van der Waals surface area contributed by atoms with E-state index in [4.69, 9.17) is 11.6 Å². The lowest BCUT2D eigenvalue weighted by Gasteiger charge is -2.07. The molecule has 4 heteroatoms. The highest BCUT2D eigenvalue weighted by Gasteiger charge is 2.10. The van der Waals surface area contributed by atoms with Gasteiger partial charge in [-0.25, -0.2) is 9.97 Å². The molecule has 0 aliphatic rings. The molecule has 1 aromatic carbocycles. The summed E-state index contributed by atoms with van der Waals surface area (Å²) in [5, 5.41) is 0.757. The molecule has 0 fully saturated rings. The molecule has 0 radical (unpaired) electrons. The number of halogens is 1. The van der Waals surface area contributed by atoms with E-state index in [1.165, 1.54) is 0 Å². The number of benzene rings is 1. The predicted molar refractivity (Wildman–Crippen MR) is 77.5 cm³/mol. The van der Waals surface area contributed by atoms with Crippen LogP contribution in [0, 0.1) is 0 Å². The highest BCUT2D eigenvalue weighted by Crippen LogP contribution is 2.18. The van der Waals surface area contributed by atoms with Crippen molar-refractivity contribution in [3.63, 3.8) is 0 Å². The Kier molecular flexibility index (Phi) is 3.22. The fourth-order valence-electron chi connectivity index (χ4n) is 2.26. The molecule has 2 heterocycles. The van der Waals surface area contributed by atoms with Crippen LogP contribution < -0.4 is 0 Å². The Hall–Kier alpha value is -1.87. The summed E-state index contributed by atoms with van der Waals surface area (Å²) in [7, 11) is 0. The van der Waals surface area contributed by atoms with E-state index in [0.717, 1.165) is 40.5 Å². The Labute approximate surface area is 116 Å². The van der Waals surface area contributed by atoms with Crippen LogP contribution in [-0.4, -0.2) is 14.5 Å². The average Bonchev–Trinajstić information content (AvgIpc) is 2.77. The quantitative estimate of drug-likeness (QED) is 0.727. The van der Waals surface area contributed by atoms with Crippen LogP contribution in [0.1, 0.15) is 18.3 Å². The van der Waals surface area contributed by atoms with Crippen molar-refractivity contribution in [1.82, 2.24) is 14.5 Å². The van der Waals surface area contributed by atoms with Gasteiger partial charge in [0.2, 0.25) is 0 Å². The molecule has 3 nitrogen and oxygen atoms in total. The maximum absolute atomic E-state index is 6.04. The molecule has 0 unspecified atom stereocenters. The lowest BCUT2D eigenvalue weighted by atomic mass is 10.2. The van der Waals surface area contributed by atoms with Crippen LogP contribution >= 0.6 is 11.6 Å². The summed E-state index contributed by atoms with van der Waals surface area (Å²) >= 11 is 6.04. The van der Waals surface area contributed by atoms with Crippen molar-refractivity contribution < 1.29 is 0 Å². The minimum Gasteiger partial charge on any atom is -0.308 e. The van der Waals surface area contributed by atoms with Crippen LogP contribution in [-0.2, 0) is 13.0 Å². The fraction of sp³-hybridized carbons (Fsp3) is 0.200. The Balaban J connectivity index is 2.08. The molecule has 96 valence electrons. The Morgan fingerprint density at radius 1 is 1.21 bits per heavy atom. The highest BCUT2D eigenvalue weighted by atomic mass is 35.5. The summed E-state index contributed by atoms with van der Waals surface area (Å²) in [6.45, 7) is 2.85. The average molecular weight is 272 g/mol. The molecular weight excluding hydrogens is 258 g/mol. The summed E-state index contributed by atoms with van der Waals surface area (Å²) in [6, 6.07) is 11.8. The van der Waals surface area contributed by atoms with Crippen molar-refractivity contribution >= 4 is 22.8 Å². The van der Waals surface area contributed by atoms with Crippen molar-refractivity contribution in [1.29, 1.82) is 0 Å². The molecule has 0 N–H and O–H groups in total. The Morgan fingerprint density at radius 3 is 2.89 bits per heavy atom. The first-order chi connectivity index (χ1) is 9.28. The molecule has 0 aliphatic heterocycles. The Bertz CT molecular complexity index is 718. The second kappa shape index (κ2) is 5.02. The highest BCUT2D eigenvalue weighted by molar-refractivity contribution is 6.30. The molecule has 0 saturated carbocycles. The largest absolute Gasteiger partial charge is 0.308 e. The zero-order valence-electron chi connectivity index (χ0n) is 10.7. The number of nitrogens with zero attached hydrogens (tertiary/aromatic N) is 3. The van der Waals surface area contributed by atoms with Gasteiger partial charge in [-0.3, -0.25) is 0 Å². The molecule has 3 aromatic rings. The zero-order valence-corrected chi connectivity index (χ0v) is 11.4. The number of rotatable bonds is 3. The van der Waals surface area contributed by atoms with E-state index in [2.05, 4.69) is 27.5 Å². The zero-order chi connectivity index (χ0) is 13.2. The van der Waals surface area contributed by atoms with Crippen molar-refractivity contribution in [2.75, 3.05) is 0 Å². The standard InChI is InChI=1S/C15H14ClN3/c1-2-14-18-13-7-4-8-17-15(13)19(14)10-11-5-3-6-12(16)9-11/h3-9H,2,10H2,1H3. The number of aromatic nitrogens is 3. The molecule has 19 heavy (non-hydrogen) atoms. The monoisotopic (exact) mass is 271 g/mol. The fourth-order valence-corrected chi connectivity index (χ4v) is 2.47. The second-order valence-electron chi connectivity index (χ2n) is 4.44. The SMILES string of the molecule is CCc1nc2cccnc2n1Cc1cccc(Cl)c1. The third-order valence-corrected chi connectivity index (χ3v) is 3.36. The third-order valence-electron chi connectivity index (χ3n) is 3.13. The third kappa shape index (κ3) is 2.34. The minimum atomic E-state index is 0.747. The number of hydrogen-bond acceptors (Lipinski definition) is 2. The van der Waals surface area contributed by atoms with Gasteiger partial charge in [0.1, 0.15) is 11.3 Å². The molecule has 3 rings (SSSR count). The van der Waals surface area contributed by atoms with Gasteiger partial charge in [-0.05, 0) is 29.8 Å². The number of aryl methyl sites for hydroxylation is 1. The van der Waals surface area contributed by atoms with Gasteiger partial charge < -0.3 is 4.57 Å². The van der Waals surface area contributed by atoms with Crippen LogP contribution in [0.25, 0.3) is 11.2 Å². The van der Waals surface area contributed by atoms with Crippen molar-refractivity contribution in [3.05, 3.63) is 59.0 Å². The van der Waals surface area contributed by atoms with E-state index in [9.17, 15) is 0 Å². The second-order valence-corrected chi connectivity index (χ2v) is 4.88. The van der Waals surface area contributed by atoms with Crippen LogP contribution in [0.2, 0.25) is 5.02 Å². The van der Waals surface area contributed by atoms with Gasteiger partial charge >= 0.3 is 0 Å². The van der Waals surface area contributed by atoms with E-state index >= 15 is 0 Å². The van der Waals surface area contributed by atoms with E-state index in [-0.39, 0.29) is 0 Å². The molecule has 0 aliphatic carbocycles. The summed E-state index contributed by atoms with van der Waals surface area (Å²) < 4.78 is 2.15. The van der Waals surface area contributed by atoms with Crippen molar-refractivity contribution in [2.45, 2.75) is 19.9 Å². The lowest BCUT2D eigenvalue weighted by molar-refractivity contribution is 0.746. The molecule has 2 aromatic heterocycles. The number of hydrogen-bond donors (Lipinski definition) is 0. The summed E-state index contributed by atoms with van der Waals surface area (Å²) in [5.41, 5.74) is 3.04. The van der Waals surface area contributed by atoms with E-state index in [0.29, 0.717) is 0 Å². The van der Waals surface area contributed by atoms with E-state index in [1.54, 1.807) is 6.20 Å². The van der Waals surface area contributed by atoms with Crippen LogP contribution in [0.15, 0.2) is 42.6 Å². The molecule has 0 spiro atoms.